The Labute approximate surface area is 169 Å². The zero-order valence-electron chi connectivity index (χ0n) is 16.8. The van der Waals surface area contributed by atoms with E-state index >= 15 is 0 Å². The molecule has 1 spiro atoms. The number of urea groups is 1. The molecule has 29 heavy (non-hydrogen) atoms. The third-order valence-corrected chi connectivity index (χ3v) is 5.77. The highest BCUT2D eigenvalue weighted by Gasteiger charge is 2.52. The van der Waals surface area contributed by atoms with Gasteiger partial charge in [-0.3, -0.25) is 19.8 Å². The molecule has 1 aliphatic heterocycles. The van der Waals surface area contributed by atoms with E-state index in [1.54, 1.807) is 0 Å². The summed E-state index contributed by atoms with van der Waals surface area (Å²) in [6, 6.07) is 8.52. The van der Waals surface area contributed by atoms with Crippen LogP contribution in [-0.4, -0.2) is 41.0 Å². The van der Waals surface area contributed by atoms with Gasteiger partial charge in [-0.25, -0.2) is 4.79 Å². The summed E-state index contributed by atoms with van der Waals surface area (Å²) in [5.74, 6) is -1.68. The van der Waals surface area contributed by atoms with Crippen LogP contribution in [0.4, 0.5) is 4.79 Å². The van der Waals surface area contributed by atoms with E-state index in [1.807, 2.05) is 37.3 Å². The average molecular weight is 401 g/mol. The molecule has 1 saturated heterocycles. The smallest absolute Gasteiger partial charge is 0.344 e. The quantitative estimate of drug-likeness (QED) is 0.562. The number of benzene rings is 1. The number of imide groups is 1. The Hall–Kier alpha value is -2.90. The van der Waals surface area contributed by atoms with E-state index in [2.05, 4.69) is 17.7 Å². The zero-order chi connectivity index (χ0) is 21.0. The predicted molar refractivity (Wildman–Crippen MR) is 104 cm³/mol. The number of carbonyl (C=O) groups is 4. The number of hydrazine groups is 1. The first-order valence-electron chi connectivity index (χ1n) is 10.0. The Morgan fingerprint density at radius 3 is 2.52 bits per heavy atom. The summed E-state index contributed by atoms with van der Waals surface area (Å²) in [7, 11) is 0. The van der Waals surface area contributed by atoms with Gasteiger partial charge in [-0.05, 0) is 43.6 Å². The van der Waals surface area contributed by atoms with Crippen LogP contribution in [0.5, 0.6) is 0 Å². The number of carbonyl (C=O) groups excluding carboxylic acids is 4. The van der Waals surface area contributed by atoms with E-state index < -0.39 is 41.9 Å². The van der Waals surface area contributed by atoms with Gasteiger partial charge in [0.1, 0.15) is 5.54 Å². The number of hydrogen-bond acceptors (Lipinski definition) is 5. The molecule has 156 valence electrons. The van der Waals surface area contributed by atoms with Gasteiger partial charge in [0.15, 0.2) is 6.61 Å². The summed E-state index contributed by atoms with van der Waals surface area (Å²) in [5.41, 5.74) is 2.14. The summed E-state index contributed by atoms with van der Waals surface area (Å²) in [5, 5.41) is 3.43. The van der Waals surface area contributed by atoms with E-state index in [1.165, 1.54) is 0 Å². The fraction of sp³-hybridized carbons (Fsp3) is 0.524. The van der Waals surface area contributed by atoms with E-state index in [0.29, 0.717) is 30.2 Å². The highest BCUT2D eigenvalue weighted by molar-refractivity contribution is 6.08. The van der Waals surface area contributed by atoms with Gasteiger partial charge in [-0.1, -0.05) is 44.2 Å². The molecule has 1 atom stereocenters. The lowest BCUT2D eigenvalue weighted by atomic mass is 9.77. The molecule has 1 aliphatic carbocycles. The summed E-state index contributed by atoms with van der Waals surface area (Å²) in [6.07, 6.45) is 3.30. The molecule has 4 amide bonds. The lowest BCUT2D eigenvalue weighted by Gasteiger charge is -2.33. The van der Waals surface area contributed by atoms with Crippen LogP contribution in [0.3, 0.4) is 0 Å². The third-order valence-electron chi connectivity index (χ3n) is 5.77. The van der Waals surface area contributed by atoms with Crippen LogP contribution in [0.15, 0.2) is 30.3 Å². The summed E-state index contributed by atoms with van der Waals surface area (Å²) >= 11 is 0. The van der Waals surface area contributed by atoms with Gasteiger partial charge < -0.3 is 10.1 Å². The van der Waals surface area contributed by atoms with E-state index in [9.17, 15) is 19.2 Å². The van der Waals surface area contributed by atoms with Crippen molar-refractivity contribution in [2.45, 2.75) is 57.4 Å². The maximum atomic E-state index is 12.7. The molecule has 1 aromatic rings. The highest BCUT2D eigenvalue weighted by atomic mass is 16.5. The van der Waals surface area contributed by atoms with Crippen molar-refractivity contribution >= 4 is 23.8 Å². The van der Waals surface area contributed by atoms with Gasteiger partial charge >= 0.3 is 12.0 Å². The van der Waals surface area contributed by atoms with Crippen molar-refractivity contribution in [3.05, 3.63) is 35.9 Å². The lowest BCUT2D eigenvalue weighted by molar-refractivity contribution is -0.152. The van der Waals surface area contributed by atoms with Gasteiger partial charge in [0.05, 0.1) is 5.92 Å². The molecule has 8 heteroatoms. The summed E-state index contributed by atoms with van der Waals surface area (Å²) in [4.78, 5) is 49.5. The second-order valence-corrected chi connectivity index (χ2v) is 7.85. The molecule has 0 bridgehead atoms. The fourth-order valence-corrected chi connectivity index (χ4v) is 3.93. The predicted octanol–water partition coefficient (Wildman–Crippen LogP) is 2.26. The fourth-order valence-electron chi connectivity index (χ4n) is 3.93. The average Bonchev–Trinajstić information content (AvgIpc) is 2.94. The maximum absolute atomic E-state index is 12.7. The largest absolute Gasteiger partial charge is 0.455 e. The third kappa shape index (κ3) is 4.41. The van der Waals surface area contributed by atoms with Crippen molar-refractivity contribution in [1.29, 1.82) is 0 Å². The Morgan fingerprint density at radius 1 is 1.24 bits per heavy atom. The molecular weight excluding hydrogens is 374 g/mol. The number of rotatable bonds is 6. The van der Waals surface area contributed by atoms with Crippen molar-refractivity contribution in [2.24, 2.45) is 5.92 Å². The monoisotopic (exact) mass is 401 g/mol. The van der Waals surface area contributed by atoms with Crippen molar-refractivity contribution in [3.63, 3.8) is 0 Å². The van der Waals surface area contributed by atoms with Gasteiger partial charge in [0, 0.05) is 0 Å². The first-order chi connectivity index (χ1) is 13.9. The van der Waals surface area contributed by atoms with Crippen molar-refractivity contribution in [2.75, 3.05) is 6.61 Å². The van der Waals surface area contributed by atoms with Crippen LogP contribution in [0, 0.1) is 5.92 Å². The molecule has 2 aliphatic rings. The molecule has 2 fully saturated rings. The van der Waals surface area contributed by atoms with E-state index in [-0.39, 0.29) is 0 Å². The topological polar surface area (TPSA) is 105 Å². The molecule has 0 radical (unpaired) electrons. The zero-order valence-corrected chi connectivity index (χ0v) is 16.8. The minimum absolute atomic E-state index is 0.454. The first-order valence-corrected chi connectivity index (χ1v) is 10.0. The van der Waals surface area contributed by atoms with E-state index in [4.69, 9.17) is 4.74 Å². The molecular formula is C21H27N3O5. The summed E-state index contributed by atoms with van der Waals surface area (Å²) < 4.78 is 5.12. The van der Waals surface area contributed by atoms with Crippen molar-refractivity contribution in [1.82, 2.24) is 15.8 Å². The van der Waals surface area contributed by atoms with Gasteiger partial charge in [0.25, 0.3) is 11.8 Å². The number of esters is 1. The number of ether oxygens (including phenoxy) is 1. The maximum Gasteiger partial charge on any atom is 0.344 e. The molecule has 8 nitrogen and oxygen atoms in total. The SMILES string of the molecule is CC[C@H](C(=O)OCC(=O)NN1C(=O)NC2(CCC(C)CC2)C1=O)c1ccccc1. The van der Waals surface area contributed by atoms with Crippen molar-refractivity contribution < 1.29 is 23.9 Å². The Morgan fingerprint density at radius 2 is 1.90 bits per heavy atom. The normalized spacial score (nSPS) is 24.9. The summed E-state index contributed by atoms with van der Waals surface area (Å²) in [6.45, 7) is 3.40. The van der Waals surface area contributed by atoms with Crippen LogP contribution in [-0.2, 0) is 19.1 Å². The second kappa shape index (κ2) is 8.63. The number of hydrogen-bond donors (Lipinski definition) is 2. The van der Waals surface area contributed by atoms with Gasteiger partial charge in [-0.2, -0.15) is 5.01 Å². The Bertz CT molecular complexity index is 787. The Kier molecular flexibility index (Phi) is 6.20. The van der Waals surface area contributed by atoms with Crippen LogP contribution in [0.1, 0.15) is 57.4 Å². The molecule has 1 saturated carbocycles. The van der Waals surface area contributed by atoms with Crippen LogP contribution in [0.25, 0.3) is 0 Å². The number of nitrogens with one attached hydrogen (secondary N) is 2. The van der Waals surface area contributed by atoms with Crippen LogP contribution < -0.4 is 10.7 Å². The van der Waals surface area contributed by atoms with Crippen molar-refractivity contribution in [3.8, 4) is 0 Å². The Balaban J connectivity index is 1.55. The minimum atomic E-state index is -0.936. The lowest BCUT2D eigenvalue weighted by Crippen LogP contribution is -2.52. The molecule has 0 aromatic heterocycles. The second-order valence-electron chi connectivity index (χ2n) is 7.85. The van der Waals surface area contributed by atoms with E-state index in [0.717, 1.165) is 18.4 Å². The van der Waals surface area contributed by atoms with Crippen LogP contribution >= 0.6 is 0 Å². The molecule has 3 rings (SSSR count). The molecule has 2 N–H and O–H groups in total. The standard InChI is InChI=1S/C21H27N3O5/c1-3-16(15-7-5-4-6-8-15)18(26)29-13-17(25)23-24-19(27)21(22-20(24)28)11-9-14(2)10-12-21/h4-8,14,16H,3,9-13H2,1-2H3,(H,22,28)(H,23,25)/t14?,16-,21?/m0/s1. The van der Waals surface area contributed by atoms with Gasteiger partial charge in [0.2, 0.25) is 0 Å². The highest BCUT2D eigenvalue weighted by Crippen LogP contribution is 2.35. The molecule has 1 aromatic carbocycles. The number of amides is 4. The minimum Gasteiger partial charge on any atom is -0.455 e. The first kappa shape index (κ1) is 20.8. The molecule has 0 unspecified atom stereocenters. The van der Waals surface area contributed by atoms with Crippen LogP contribution in [0.2, 0.25) is 0 Å². The number of nitrogens with zero attached hydrogens (tertiary/aromatic N) is 1. The van der Waals surface area contributed by atoms with Gasteiger partial charge in [-0.15, -0.1) is 0 Å². The molecule has 1 heterocycles.